The van der Waals surface area contributed by atoms with Gasteiger partial charge in [-0.05, 0) is 30.3 Å². The van der Waals surface area contributed by atoms with Crippen molar-refractivity contribution >= 4 is 23.0 Å². The largest absolute Gasteiger partial charge is 0.392 e. The molecule has 1 aliphatic rings. The number of hydrogen-bond acceptors (Lipinski definition) is 4. The Morgan fingerprint density at radius 1 is 1.00 bits per heavy atom. The highest BCUT2D eigenvalue weighted by atomic mass is 35.5. The van der Waals surface area contributed by atoms with Crippen LogP contribution in [0.5, 0.6) is 0 Å². The molecule has 0 radical (unpaired) electrons. The van der Waals surface area contributed by atoms with Gasteiger partial charge in [-0.15, -0.1) is 0 Å². The third-order valence-electron chi connectivity index (χ3n) is 3.87. The lowest BCUT2D eigenvalue weighted by Gasteiger charge is -2.37. The molecule has 1 aromatic carbocycles. The van der Waals surface area contributed by atoms with E-state index in [0.717, 1.165) is 42.5 Å². The number of benzene rings is 1. The smallest absolute Gasteiger partial charge is 0.0703 e. The van der Waals surface area contributed by atoms with E-state index in [1.807, 2.05) is 24.4 Å². The molecule has 0 aliphatic carbocycles. The normalized spacial score (nSPS) is 15.3. The van der Waals surface area contributed by atoms with E-state index < -0.39 is 0 Å². The summed E-state index contributed by atoms with van der Waals surface area (Å²) in [6.07, 6.45) is 3.56. The van der Waals surface area contributed by atoms with Crippen molar-refractivity contribution in [3.8, 4) is 0 Å². The first-order chi connectivity index (χ1) is 10.3. The average Bonchev–Trinajstić information content (AvgIpc) is 2.56. The number of pyridine rings is 1. The predicted molar refractivity (Wildman–Crippen MR) is 86.0 cm³/mol. The lowest BCUT2D eigenvalue weighted by molar-refractivity contribution is 0.282. The zero-order valence-electron chi connectivity index (χ0n) is 11.7. The van der Waals surface area contributed by atoms with Gasteiger partial charge in [-0.25, -0.2) is 0 Å². The minimum atomic E-state index is 0.0508. The van der Waals surface area contributed by atoms with Crippen molar-refractivity contribution in [2.75, 3.05) is 36.0 Å². The van der Waals surface area contributed by atoms with Crippen LogP contribution in [0.25, 0.3) is 0 Å². The summed E-state index contributed by atoms with van der Waals surface area (Å²) < 4.78 is 0. The van der Waals surface area contributed by atoms with Gasteiger partial charge < -0.3 is 14.9 Å². The fraction of sp³-hybridized carbons (Fsp3) is 0.312. The number of aliphatic hydroxyl groups excluding tert-OH is 1. The fourth-order valence-electron chi connectivity index (χ4n) is 2.69. The molecule has 0 atom stereocenters. The Balaban J connectivity index is 1.69. The monoisotopic (exact) mass is 303 g/mol. The molecule has 110 valence electrons. The molecule has 5 heteroatoms. The summed E-state index contributed by atoms with van der Waals surface area (Å²) in [6.45, 7) is 3.78. The second-order valence-corrected chi connectivity index (χ2v) is 5.55. The molecule has 0 bridgehead atoms. The third kappa shape index (κ3) is 3.12. The van der Waals surface area contributed by atoms with E-state index in [-0.39, 0.29) is 6.61 Å². The second-order valence-electron chi connectivity index (χ2n) is 5.11. The molecule has 0 spiro atoms. The zero-order valence-corrected chi connectivity index (χ0v) is 12.5. The Hall–Kier alpha value is -1.78. The first kappa shape index (κ1) is 14.2. The molecular weight excluding hydrogens is 286 g/mol. The number of halogens is 1. The maximum absolute atomic E-state index is 9.43. The number of aliphatic hydroxyl groups is 1. The Labute approximate surface area is 129 Å². The molecule has 3 rings (SSSR count). The minimum Gasteiger partial charge on any atom is -0.392 e. The van der Waals surface area contributed by atoms with Crippen LogP contribution in [0.1, 0.15) is 5.56 Å². The predicted octanol–water partition coefficient (Wildman–Crippen LogP) is 2.55. The Morgan fingerprint density at radius 2 is 1.67 bits per heavy atom. The van der Waals surface area contributed by atoms with E-state index in [4.69, 9.17) is 11.6 Å². The maximum atomic E-state index is 9.43. The first-order valence-corrected chi connectivity index (χ1v) is 7.45. The molecular formula is C16H18ClN3O. The van der Waals surface area contributed by atoms with E-state index in [1.165, 1.54) is 5.69 Å². The van der Waals surface area contributed by atoms with Crippen LogP contribution < -0.4 is 9.80 Å². The highest BCUT2D eigenvalue weighted by molar-refractivity contribution is 6.30. The first-order valence-electron chi connectivity index (χ1n) is 7.07. The lowest BCUT2D eigenvalue weighted by Crippen LogP contribution is -2.46. The van der Waals surface area contributed by atoms with Gasteiger partial charge in [0.15, 0.2) is 0 Å². The van der Waals surface area contributed by atoms with Crippen LogP contribution >= 0.6 is 11.6 Å². The summed E-state index contributed by atoms with van der Waals surface area (Å²) >= 11 is 5.93. The van der Waals surface area contributed by atoms with Crippen molar-refractivity contribution in [2.24, 2.45) is 0 Å². The van der Waals surface area contributed by atoms with Crippen molar-refractivity contribution in [1.82, 2.24) is 4.98 Å². The van der Waals surface area contributed by atoms with Crippen LogP contribution in [0.4, 0.5) is 11.4 Å². The number of rotatable bonds is 3. The number of hydrogen-bond donors (Lipinski definition) is 1. The molecule has 2 heterocycles. The van der Waals surface area contributed by atoms with Crippen LogP contribution in [0, 0.1) is 0 Å². The van der Waals surface area contributed by atoms with Crippen molar-refractivity contribution in [2.45, 2.75) is 6.61 Å². The molecule has 0 saturated carbocycles. The molecule has 4 nitrogen and oxygen atoms in total. The topological polar surface area (TPSA) is 39.6 Å². The van der Waals surface area contributed by atoms with Crippen LogP contribution in [-0.4, -0.2) is 36.3 Å². The van der Waals surface area contributed by atoms with Crippen molar-refractivity contribution in [3.05, 3.63) is 53.3 Å². The van der Waals surface area contributed by atoms with Gasteiger partial charge in [-0.1, -0.05) is 11.6 Å². The number of anilines is 2. The number of nitrogens with zero attached hydrogens (tertiary/aromatic N) is 3. The summed E-state index contributed by atoms with van der Waals surface area (Å²) in [6, 6.07) is 9.84. The number of aromatic nitrogens is 1. The van der Waals surface area contributed by atoms with E-state index in [2.05, 4.69) is 26.9 Å². The van der Waals surface area contributed by atoms with Gasteiger partial charge >= 0.3 is 0 Å². The molecule has 1 fully saturated rings. The Morgan fingerprint density at radius 3 is 2.33 bits per heavy atom. The lowest BCUT2D eigenvalue weighted by atomic mass is 10.2. The van der Waals surface area contributed by atoms with E-state index in [1.54, 1.807) is 6.20 Å². The van der Waals surface area contributed by atoms with E-state index in [9.17, 15) is 5.11 Å². The molecule has 1 aliphatic heterocycles. The van der Waals surface area contributed by atoms with Crippen LogP contribution in [-0.2, 0) is 6.61 Å². The highest BCUT2D eigenvalue weighted by Crippen LogP contribution is 2.24. The van der Waals surface area contributed by atoms with Gasteiger partial charge in [0, 0.05) is 48.6 Å². The number of piperazine rings is 1. The standard InChI is InChI=1S/C16H18ClN3O/c17-14-1-3-15(4-2-14)19-7-9-20(10-8-19)16-11-18-6-5-13(16)12-21/h1-6,11,21H,7-10,12H2. The van der Waals surface area contributed by atoms with Crippen molar-refractivity contribution < 1.29 is 5.11 Å². The average molecular weight is 304 g/mol. The van der Waals surface area contributed by atoms with Gasteiger partial charge in [0.25, 0.3) is 0 Å². The van der Waals surface area contributed by atoms with Crippen LogP contribution in [0.3, 0.4) is 0 Å². The zero-order chi connectivity index (χ0) is 14.7. The second kappa shape index (κ2) is 6.33. The minimum absolute atomic E-state index is 0.0508. The van der Waals surface area contributed by atoms with E-state index in [0.29, 0.717) is 0 Å². The van der Waals surface area contributed by atoms with Gasteiger partial charge in [-0.3, -0.25) is 4.98 Å². The molecule has 1 saturated heterocycles. The molecule has 1 N–H and O–H groups in total. The Kier molecular flexibility index (Phi) is 4.27. The highest BCUT2D eigenvalue weighted by Gasteiger charge is 2.19. The van der Waals surface area contributed by atoms with Gasteiger partial charge in [0.05, 0.1) is 18.5 Å². The van der Waals surface area contributed by atoms with Gasteiger partial charge in [0.1, 0.15) is 0 Å². The van der Waals surface area contributed by atoms with Crippen molar-refractivity contribution in [3.63, 3.8) is 0 Å². The Bertz CT molecular complexity index is 595. The summed E-state index contributed by atoms with van der Waals surface area (Å²) in [7, 11) is 0. The summed E-state index contributed by atoms with van der Waals surface area (Å²) in [4.78, 5) is 8.81. The summed E-state index contributed by atoms with van der Waals surface area (Å²) in [5.41, 5.74) is 3.17. The van der Waals surface area contributed by atoms with Gasteiger partial charge in [0.2, 0.25) is 0 Å². The van der Waals surface area contributed by atoms with E-state index >= 15 is 0 Å². The SMILES string of the molecule is OCc1ccncc1N1CCN(c2ccc(Cl)cc2)CC1. The molecule has 21 heavy (non-hydrogen) atoms. The molecule has 0 unspecified atom stereocenters. The van der Waals surface area contributed by atoms with Crippen molar-refractivity contribution in [1.29, 1.82) is 0 Å². The van der Waals surface area contributed by atoms with Crippen LogP contribution in [0.15, 0.2) is 42.7 Å². The third-order valence-corrected chi connectivity index (χ3v) is 4.12. The molecule has 0 amide bonds. The summed E-state index contributed by atoms with van der Waals surface area (Å²) in [5, 5.41) is 10.2. The quantitative estimate of drug-likeness (QED) is 0.946. The fourth-order valence-corrected chi connectivity index (χ4v) is 2.82. The van der Waals surface area contributed by atoms with Crippen LogP contribution in [0.2, 0.25) is 5.02 Å². The molecule has 2 aromatic rings. The van der Waals surface area contributed by atoms with Gasteiger partial charge in [-0.2, -0.15) is 0 Å². The maximum Gasteiger partial charge on any atom is 0.0703 e. The molecule has 1 aromatic heterocycles. The summed E-state index contributed by atoms with van der Waals surface area (Å²) in [5.74, 6) is 0.